The normalized spacial score (nSPS) is 20.1. The van der Waals surface area contributed by atoms with Crippen molar-refractivity contribution in [3.8, 4) is 5.75 Å². The molecule has 1 heterocycles. The molecule has 1 saturated carbocycles. The van der Waals surface area contributed by atoms with Crippen LogP contribution in [-0.2, 0) is 4.79 Å². The zero-order valence-electron chi connectivity index (χ0n) is 11.6. The van der Waals surface area contributed by atoms with Gasteiger partial charge in [-0.3, -0.25) is 10.1 Å². The summed E-state index contributed by atoms with van der Waals surface area (Å²) in [4.78, 5) is 25.7. The summed E-state index contributed by atoms with van der Waals surface area (Å²) in [6.07, 6.45) is 3.48. The minimum Gasteiger partial charge on any atom is -0.492 e. The molecule has 0 radical (unpaired) electrons. The largest absolute Gasteiger partial charge is 0.492 e. The van der Waals surface area contributed by atoms with Crippen LogP contribution in [0.2, 0.25) is 0 Å². The molecule has 0 bridgehead atoms. The van der Waals surface area contributed by atoms with Crippen molar-refractivity contribution in [3.63, 3.8) is 0 Å². The molecule has 0 aromatic heterocycles. The smallest absolute Gasteiger partial charge is 0.325 e. The van der Waals surface area contributed by atoms with E-state index in [1.807, 2.05) is 24.3 Å². The van der Waals surface area contributed by atoms with Crippen LogP contribution in [0.3, 0.4) is 0 Å². The van der Waals surface area contributed by atoms with Gasteiger partial charge in [0, 0.05) is 4.47 Å². The number of urea groups is 1. The number of halogens is 1. The summed E-state index contributed by atoms with van der Waals surface area (Å²) in [5.41, 5.74) is -0.627. The van der Waals surface area contributed by atoms with Gasteiger partial charge in [-0.2, -0.15) is 0 Å². The Hall–Kier alpha value is -1.56. The van der Waals surface area contributed by atoms with Crippen LogP contribution in [0.15, 0.2) is 28.7 Å². The highest BCUT2D eigenvalue weighted by Gasteiger charge is 2.53. The molecule has 1 aromatic rings. The number of carbonyl (C=O) groups excluding carboxylic acids is 2. The summed E-state index contributed by atoms with van der Waals surface area (Å²) >= 11 is 3.39. The van der Waals surface area contributed by atoms with Gasteiger partial charge in [-0.15, -0.1) is 0 Å². The number of rotatable bonds is 4. The van der Waals surface area contributed by atoms with Gasteiger partial charge < -0.3 is 9.64 Å². The van der Waals surface area contributed by atoms with Gasteiger partial charge in [-0.05, 0) is 31.0 Å². The molecule has 1 N–H and O–H groups in total. The van der Waals surface area contributed by atoms with Gasteiger partial charge in [-0.1, -0.05) is 34.8 Å². The Kier molecular flexibility index (Phi) is 3.89. The maximum absolute atomic E-state index is 12.1. The quantitative estimate of drug-likeness (QED) is 0.847. The monoisotopic (exact) mass is 352 g/mol. The summed E-state index contributed by atoms with van der Waals surface area (Å²) in [6, 6.07) is 7.27. The van der Waals surface area contributed by atoms with Gasteiger partial charge in [0.2, 0.25) is 0 Å². The van der Waals surface area contributed by atoms with Crippen molar-refractivity contribution in [3.05, 3.63) is 28.7 Å². The Morgan fingerprint density at radius 2 is 2.05 bits per heavy atom. The van der Waals surface area contributed by atoms with Crippen LogP contribution in [0.4, 0.5) is 4.79 Å². The Bertz CT molecular complexity index is 570. The fraction of sp³-hybridized carbons (Fsp3) is 0.467. The van der Waals surface area contributed by atoms with Crippen molar-refractivity contribution < 1.29 is 14.3 Å². The first-order valence-corrected chi connectivity index (χ1v) is 7.92. The molecule has 0 unspecified atom stereocenters. The van der Waals surface area contributed by atoms with Gasteiger partial charge in [0.1, 0.15) is 17.9 Å². The second-order valence-electron chi connectivity index (χ2n) is 5.46. The first-order valence-electron chi connectivity index (χ1n) is 7.13. The van der Waals surface area contributed by atoms with Gasteiger partial charge in [0.25, 0.3) is 5.91 Å². The van der Waals surface area contributed by atoms with Crippen molar-refractivity contribution in [1.82, 2.24) is 10.2 Å². The SMILES string of the molecule is O=C1NC(=O)C2(CCCC2)N1CCOc1cccc(Br)c1. The standard InChI is InChI=1S/C15H17BrN2O3/c16-11-4-3-5-12(10-11)21-9-8-18-14(20)17-13(19)15(18)6-1-2-7-15/h3-5,10H,1-2,6-9H2,(H,17,19,20). The second kappa shape index (κ2) is 5.67. The van der Waals surface area contributed by atoms with E-state index in [0.29, 0.717) is 13.2 Å². The number of nitrogens with one attached hydrogen (secondary N) is 1. The molecule has 3 amide bonds. The Morgan fingerprint density at radius 3 is 2.76 bits per heavy atom. The van der Waals surface area contributed by atoms with Gasteiger partial charge in [0.15, 0.2) is 0 Å². The molecule has 112 valence electrons. The summed E-state index contributed by atoms with van der Waals surface area (Å²) in [5, 5.41) is 2.44. The molecular formula is C15H17BrN2O3. The lowest BCUT2D eigenvalue weighted by Gasteiger charge is -2.31. The number of nitrogens with zero attached hydrogens (tertiary/aromatic N) is 1. The van der Waals surface area contributed by atoms with Crippen LogP contribution in [0.1, 0.15) is 25.7 Å². The molecule has 1 saturated heterocycles. The predicted octanol–water partition coefficient (Wildman–Crippen LogP) is 2.69. The van der Waals surface area contributed by atoms with Crippen LogP contribution >= 0.6 is 15.9 Å². The minimum atomic E-state index is -0.627. The highest BCUT2D eigenvalue weighted by atomic mass is 79.9. The zero-order chi connectivity index (χ0) is 14.9. The predicted molar refractivity (Wildman–Crippen MR) is 81.1 cm³/mol. The molecule has 21 heavy (non-hydrogen) atoms. The fourth-order valence-electron chi connectivity index (χ4n) is 3.18. The molecule has 3 rings (SSSR count). The average molecular weight is 353 g/mol. The van der Waals surface area contributed by atoms with Crippen LogP contribution in [0.25, 0.3) is 0 Å². The molecule has 0 atom stereocenters. The van der Waals surface area contributed by atoms with E-state index in [0.717, 1.165) is 35.9 Å². The van der Waals surface area contributed by atoms with Crippen molar-refractivity contribution in [2.75, 3.05) is 13.2 Å². The van der Waals surface area contributed by atoms with E-state index in [-0.39, 0.29) is 11.9 Å². The number of hydrogen-bond acceptors (Lipinski definition) is 3. The first-order chi connectivity index (χ1) is 10.1. The lowest BCUT2D eigenvalue weighted by atomic mass is 9.96. The third kappa shape index (κ3) is 2.64. The highest BCUT2D eigenvalue weighted by molar-refractivity contribution is 9.10. The molecular weight excluding hydrogens is 336 g/mol. The minimum absolute atomic E-state index is 0.146. The molecule has 2 aliphatic rings. The van der Waals surface area contributed by atoms with Crippen LogP contribution in [0, 0.1) is 0 Å². The van der Waals surface area contributed by atoms with E-state index in [2.05, 4.69) is 21.2 Å². The maximum atomic E-state index is 12.1. The number of imide groups is 1. The van der Waals surface area contributed by atoms with Crippen LogP contribution in [0.5, 0.6) is 5.75 Å². The van der Waals surface area contributed by atoms with E-state index in [9.17, 15) is 9.59 Å². The number of hydrogen-bond donors (Lipinski definition) is 1. The number of amides is 3. The van der Waals surface area contributed by atoms with E-state index >= 15 is 0 Å². The Morgan fingerprint density at radius 1 is 1.29 bits per heavy atom. The summed E-state index contributed by atoms with van der Waals surface area (Å²) < 4.78 is 6.62. The number of ether oxygens (including phenoxy) is 1. The van der Waals surface area contributed by atoms with Crippen LogP contribution in [-0.4, -0.2) is 35.5 Å². The van der Waals surface area contributed by atoms with E-state index in [1.54, 1.807) is 4.90 Å². The average Bonchev–Trinajstić information content (AvgIpc) is 3.01. The van der Waals surface area contributed by atoms with Crippen molar-refractivity contribution in [2.24, 2.45) is 0 Å². The molecule has 1 aromatic carbocycles. The number of carbonyl (C=O) groups is 2. The summed E-state index contributed by atoms with van der Waals surface area (Å²) in [7, 11) is 0. The first kappa shape index (κ1) is 14.4. The lowest BCUT2D eigenvalue weighted by Crippen LogP contribution is -2.48. The van der Waals surface area contributed by atoms with Gasteiger partial charge >= 0.3 is 6.03 Å². The molecule has 6 heteroatoms. The fourth-order valence-corrected chi connectivity index (χ4v) is 3.56. The summed E-state index contributed by atoms with van der Waals surface area (Å²) in [6.45, 7) is 0.795. The number of benzene rings is 1. The molecule has 1 spiro atoms. The lowest BCUT2D eigenvalue weighted by molar-refractivity contribution is -0.126. The molecule has 5 nitrogen and oxygen atoms in total. The second-order valence-corrected chi connectivity index (χ2v) is 6.37. The summed E-state index contributed by atoms with van der Waals surface area (Å²) in [5.74, 6) is 0.600. The van der Waals surface area contributed by atoms with Crippen molar-refractivity contribution >= 4 is 27.9 Å². The van der Waals surface area contributed by atoms with Gasteiger partial charge in [0.05, 0.1) is 6.54 Å². The van der Waals surface area contributed by atoms with E-state index in [4.69, 9.17) is 4.74 Å². The third-order valence-corrected chi connectivity index (χ3v) is 4.71. The van der Waals surface area contributed by atoms with Crippen LogP contribution < -0.4 is 10.1 Å². The van der Waals surface area contributed by atoms with E-state index < -0.39 is 5.54 Å². The molecule has 1 aliphatic carbocycles. The Labute approximate surface area is 131 Å². The molecule has 2 fully saturated rings. The highest BCUT2D eigenvalue weighted by Crippen LogP contribution is 2.38. The van der Waals surface area contributed by atoms with Crippen molar-refractivity contribution in [1.29, 1.82) is 0 Å². The van der Waals surface area contributed by atoms with Crippen molar-refractivity contribution in [2.45, 2.75) is 31.2 Å². The van der Waals surface area contributed by atoms with E-state index in [1.165, 1.54) is 0 Å². The maximum Gasteiger partial charge on any atom is 0.325 e. The topological polar surface area (TPSA) is 58.6 Å². The Balaban J connectivity index is 1.64. The third-order valence-electron chi connectivity index (χ3n) is 4.22. The van der Waals surface area contributed by atoms with Gasteiger partial charge in [-0.25, -0.2) is 4.79 Å². The molecule has 1 aliphatic heterocycles. The zero-order valence-corrected chi connectivity index (χ0v) is 13.2.